The molecule has 2 aromatic rings. The summed E-state index contributed by atoms with van der Waals surface area (Å²) in [6, 6.07) is 10.9. The summed E-state index contributed by atoms with van der Waals surface area (Å²) in [6.07, 6.45) is 6.32. The van der Waals surface area contributed by atoms with Crippen LogP contribution in [0, 0.1) is 0 Å². The number of rotatable bonds is 2. The van der Waals surface area contributed by atoms with Crippen LogP contribution in [0.5, 0.6) is 0 Å². The molecule has 0 atom stereocenters. The van der Waals surface area contributed by atoms with Crippen molar-refractivity contribution < 1.29 is 30.6 Å². The molecule has 0 aliphatic heterocycles. The Balaban J connectivity index is 0.000000364. The van der Waals surface area contributed by atoms with Crippen LogP contribution in [0.25, 0.3) is 12.2 Å². The van der Waals surface area contributed by atoms with Gasteiger partial charge < -0.3 is 10.2 Å². The Bertz CT molecular complexity index is 508. The number of allylic oxidation sites excluding steroid dienone is 2. The molecule has 0 N–H and O–H groups in total. The summed E-state index contributed by atoms with van der Waals surface area (Å²) in [5.74, 6) is 0.0531. The first kappa shape index (κ1) is 19.0. The van der Waals surface area contributed by atoms with Gasteiger partial charge in [-0.25, -0.2) is 0 Å². The number of hydrogen-bond donors (Lipinski definition) is 0. The Morgan fingerprint density at radius 1 is 0.810 bits per heavy atom. The maximum absolute atomic E-state index is 10.5. The van der Waals surface area contributed by atoms with Gasteiger partial charge in [-0.15, -0.1) is 11.5 Å². The van der Waals surface area contributed by atoms with E-state index in [2.05, 4.69) is 9.97 Å². The van der Waals surface area contributed by atoms with Crippen molar-refractivity contribution >= 4 is 12.2 Å². The maximum Gasteiger partial charge on any atom is 2.00 e. The van der Waals surface area contributed by atoms with Crippen LogP contribution < -0.4 is 10.2 Å². The number of nitrogens with zero attached hydrogens (tertiary/aromatic N) is 2. The largest absolute Gasteiger partial charge is 2.00 e. The van der Waals surface area contributed by atoms with Crippen molar-refractivity contribution in [1.82, 2.24) is 9.97 Å². The molecular formula is C16H16N2O2Pd. The topological polar surface area (TPSA) is 71.9 Å². The molecule has 0 unspecified atom stereocenters. The molecule has 0 bridgehead atoms. The Hall–Kier alpha value is -1.96. The number of pyridine rings is 2. The summed E-state index contributed by atoms with van der Waals surface area (Å²) in [6.45, 7) is 3.02. The van der Waals surface area contributed by atoms with Crippen molar-refractivity contribution in [2.24, 2.45) is 0 Å². The second-order valence-corrected chi connectivity index (χ2v) is 4.02. The van der Waals surface area contributed by atoms with Gasteiger partial charge in [-0.05, 0) is 36.4 Å². The van der Waals surface area contributed by atoms with E-state index in [0.717, 1.165) is 11.4 Å². The number of aromatic nitrogens is 2. The van der Waals surface area contributed by atoms with Crippen molar-refractivity contribution in [2.75, 3.05) is 0 Å². The van der Waals surface area contributed by atoms with Crippen molar-refractivity contribution in [2.45, 2.75) is 13.8 Å². The van der Waals surface area contributed by atoms with E-state index in [4.69, 9.17) is 0 Å². The summed E-state index contributed by atoms with van der Waals surface area (Å²) in [5.41, 5.74) is 1.44. The van der Waals surface area contributed by atoms with Crippen LogP contribution >= 0.6 is 0 Å². The Morgan fingerprint density at radius 2 is 1.19 bits per heavy atom. The van der Waals surface area contributed by atoms with Gasteiger partial charge in [0.05, 0.1) is 11.4 Å². The van der Waals surface area contributed by atoms with Crippen LogP contribution in [-0.2, 0) is 20.4 Å². The molecule has 5 heteroatoms. The molecule has 0 aliphatic rings. The summed E-state index contributed by atoms with van der Waals surface area (Å²) >= 11 is 0. The zero-order valence-electron chi connectivity index (χ0n) is 11.8. The molecule has 4 nitrogen and oxygen atoms in total. The zero-order chi connectivity index (χ0) is 14.8. The van der Waals surface area contributed by atoms with Gasteiger partial charge in [-0.3, -0.25) is 9.97 Å². The van der Waals surface area contributed by atoms with Gasteiger partial charge in [-0.1, -0.05) is 26.0 Å². The van der Waals surface area contributed by atoms with Gasteiger partial charge in [-0.2, -0.15) is 0 Å². The standard InChI is InChI=1S/2C8H9NO.Pd/c2*1-7(10)6-8-4-2-3-5-9-8;/h2*2-6,10H,1H3;/q;;+2/p-2/b2*7-6-;. The average molecular weight is 375 g/mol. The second-order valence-electron chi connectivity index (χ2n) is 4.02. The van der Waals surface area contributed by atoms with Crippen molar-refractivity contribution in [3.05, 3.63) is 71.7 Å². The fourth-order valence-electron chi connectivity index (χ4n) is 1.34. The first-order valence-corrected chi connectivity index (χ1v) is 6.10. The molecule has 0 saturated carbocycles. The summed E-state index contributed by atoms with van der Waals surface area (Å²) in [5, 5.41) is 21.0. The van der Waals surface area contributed by atoms with Gasteiger partial charge in [0.1, 0.15) is 0 Å². The Morgan fingerprint density at radius 3 is 1.43 bits per heavy atom. The average Bonchev–Trinajstić information content (AvgIpc) is 2.40. The molecule has 0 spiro atoms. The van der Waals surface area contributed by atoms with Gasteiger partial charge in [0, 0.05) is 12.4 Å². The summed E-state index contributed by atoms with van der Waals surface area (Å²) in [7, 11) is 0. The normalized spacial score (nSPS) is 11.0. The smallest absolute Gasteiger partial charge is 0.876 e. The van der Waals surface area contributed by atoms with Gasteiger partial charge in [0.2, 0.25) is 0 Å². The van der Waals surface area contributed by atoms with E-state index in [1.165, 1.54) is 26.0 Å². The van der Waals surface area contributed by atoms with Crippen LogP contribution in [0.15, 0.2) is 60.3 Å². The fraction of sp³-hybridized carbons (Fsp3) is 0.125. The molecule has 0 aliphatic carbocycles. The van der Waals surface area contributed by atoms with Crippen molar-refractivity contribution in [1.29, 1.82) is 0 Å². The fourth-order valence-corrected chi connectivity index (χ4v) is 1.34. The van der Waals surface area contributed by atoms with Crippen LogP contribution in [0.3, 0.4) is 0 Å². The minimum Gasteiger partial charge on any atom is -0.876 e. The third-order valence-electron chi connectivity index (χ3n) is 2.08. The van der Waals surface area contributed by atoms with Gasteiger partial charge in [0.15, 0.2) is 0 Å². The molecule has 0 radical (unpaired) electrons. The molecule has 2 aromatic heterocycles. The van der Waals surface area contributed by atoms with Crippen LogP contribution in [0.1, 0.15) is 25.2 Å². The quantitative estimate of drug-likeness (QED) is 0.591. The minimum atomic E-state index is 0. The SMILES string of the molecule is C/C([O-])=C/c1ccccn1.C/C([O-])=C/c1ccccn1.[Pd+2]. The second kappa shape index (κ2) is 10.8. The van der Waals surface area contributed by atoms with E-state index in [1.807, 2.05) is 24.3 Å². The van der Waals surface area contributed by atoms with Crippen molar-refractivity contribution in [3.63, 3.8) is 0 Å². The van der Waals surface area contributed by atoms with E-state index < -0.39 is 0 Å². The van der Waals surface area contributed by atoms with E-state index in [-0.39, 0.29) is 31.9 Å². The molecule has 0 saturated heterocycles. The summed E-state index contributed by atoms with van der Waals surface area (Å²) < 4.78 is 0. The minimum absolute atomic E-state index is 0. The third-order valence-corrected chi connectivity index (χ3v) is 2.08. The molecule has 0 fully saturated rings. The first-order valence-electron chi connectivity index (χ1n) is 6.10. The van der Waals surface area contributed by atoms with Crippen molar-refractivity contribution in [3.8, 4) is 0 Å². The van der Waals surface area contributed by atoms with E-state index in [1.54, 1.807) is 24.5 Å². The van der Waals surface area contributed by atoms with Crippen LogP contribution in [0.4, 0.5) is 0 Å². The molecule has 0 amide bonds. The molecule has 2 rings (SSSR count). The Kier molecular flexibility index (Phi) is 9.78. The molecule has 0 aromatic carbocycles. The van der Waals surface area contributed by atoms with E-state index in [9.17, 15) is 10.2 Å². The monoisotopic (exact) mass is 374 g/mol. The number of hydrogen-bond acceptors (Lipinski definition) is 4. The predicted molar refractivity (Wildman–Crippen MR) is 75.8 cm³/mol. The third kappa shape index (κ3) is 9.56. The maximum atomic E-state index is 10.5. The van der Waals surface area contributed by atoms with Gasteiger partial charge >= 0.3 is 20.4 Å². The molecule has 2 heterocycles. The predicted octanol–water partition coefficient (Wildman–Crippen LogP) is 1.60. The summed E-state index contributed by atoms with van der Waals surface area (Å²) in [4.78, 5) is 7.88. The van der Waals surface area contributed by atoms with E-state index in [0.29, 0.717) is 0 Å². The molecule has 112 valence electrons. The van der Waals surface area contributed by atoms with Gasteiger partial charge in [0.25, 0.3) is 0 Å². The zero-order valence-corrected chi connectivity index (χ0v) is 13.4. The first-order chi connectivity index (χ1) is 9.58. The van der Waals surface area contributed by atoms with Crippen LogP contribution in [-0.4, -0.2) is 9.97 Å². The molecular weight excluding hydrogens is 359 g/mol. The Labute approximate surface area is 138 Å². The molecule has 21 heavy (non-hydrogen) atoms. The van der Waals surface area contributed by atoms with E-state index >= 15 is 0 Å². The van der Waals surface area contributed by atoms with Crippen LogP contribution in [0.2, 0.25) is 0 Å².